The summed E-state index contributed by atoms with van der Waals surface area (Å²) in [6.07, 6.45) is 5.23. The van der Waals surface area contributed by atoms with Gasteiger partial charge in [0.05, 0.1) is 6.23 Å². The molecule has 0 aromatic heterocycles. The van der Waals surface area contributed by atoms with Gasteiger partial charge in [-0.15, -0.1) is 6.58 Å². The molecule has 2 nitrogen and oxygen atoms in total. The molecule has 0 amide bonds. The molecule has 1 atom stereocenters. The summed E-state index contributed by atoms with van der Waals surface area (Å²) in [4.78, 5) is 0. The molecule has 0 rings (SSSR count). The van der Waals surface area contributed by atoms with E-state index in [-0.39, 0.29) is 0 Å². The summed E-state index contributed by atoms with van der Waals surface area (Å²) in [5.74, 6) is 0.541. The van der Waals surface area contributed by atoms with Gasteiger partial charge < -0.3 is 9.16 Å². The Labute approximate surface area is 84.3 Å². The van der Waals surface area contributed by atoms with Crippen molar-refractivity contribution >= 4 is 9.76 Å². The minimum atomic E-state index is -0.439. The van der Waals surface area contributed by atoms with Crippen LogP contribution in [-0.2, 0) is 9.16 Å². The first-order valence-corrected chi connectivity index (χ1v) is 6.70. The van der Waals surface area contributed by atoms with E-state index in [9.17, 15) is 0 Å². The number of rotatable bonds is 9. The van der Waals surface area contributed by atoms with Crippen LogP contribution in [0.4, 0.5) is 0 Å². The molecule has 78 valence electrons. The molecule has 0 aliphatic rings. The lowest BCUT2D eigenvalue weighted by molar-refractivity contribution is 0.173. The van der Waals surface area contributed by atoms with Crippen molar-refractivity contribution in [2.24, 2.45) is 5.92 Å². The van der Waals surface area contributed by atoms with Crippen molar-refractivity contribution in [3.8, 4) is 0 Å². The zero-order valence-corrected chi connectivity index (χ0v) is 10.3. The molecule has 0 aromatic carbocycles. The summed E-state index contributed by atoms with van der Waals surface area (Å²) >= 11 is 0. The predicted molar refractivity (Wildman–Crippen MR) is 59.6 cm³/mol. The first-order chi connectivity index (χ1) is 6.35. The van der Waals surface area contributed by atoms with Crippen LogP contribution in [0.25, 0.3) is 0 Å². The number of hydrogen-bond acceptors (Lipinski definition) is 2. The molecule has 0 spiro atoms. The zero-order valence-electron chi connectivity index (χ0n) is 8.92. The van der Waals surface area contributed by atoms with Gasteiger partial charge in [0, 0.05) is 13.2 Å². The van der Waals surface area contributed by atoms with Crippen molar-refractivity contribution in [1.82, 2.24) is 0 Å². The Bertz CT molecular complexity index is 117. The van der Waals surface area contributed by atoms with Crippen LogP contribution in [0.2, 0.25) is 0 Å². The largest absolute Gasteiger partial charge is 0.421 e. The fraction of sp³-hybridized carbons (Fsp3) is 0.800. The standard InChI is InChI=1S/C10H22O2Si/c1-4-7-10(5-2)8-12-13-9-11-6-3/h5,10H,2,4,6-9,13H2,1,3H3. The van der Waals surface area contributed by atoms with Gasteiger partial charge in [0.25, 0.3) is 0 Å². The van der Waals surface area contributed by atoms with Gasteiger partial charge in [-0.05, 0) is 19.3 Å². The van der Waals surface area contributed by atoms with Crippen LogP contribution in [-0.4, -0.2) is 29.2 Å². The quantitative estimate of drug-likeness (QED) is 0.322. The molecule has 0 N–H and O–H groups in total. The summed E-state index contributed by atoms with van der Waals surface area (Å²) in [5.41, 5.74) is 0. The first-order valence-electron chi connectivity index (χ1n) is 5.13. The number of hydrogen-bond donors (Lipinski definition) is 0. The maximum Gasteiger partial charge on any atom is 0.186 e. The van der Waals surface area contributed by atoms with E-state index in [4.69, 9.17) is 9.16 Å². The molecule has 13 heavy (non-hydrogen) atoms. The topological polar surface area (TPSA) is 18.5 Å². The van der Waals surface area contributed by atoms with Crippen molar-refractivity contribution < 1.29 is 9.16 Å². The van der Waals surface area contributed by atoms with E-state index in [2.05, 4.69) is 13.5 Å². The van der Waals surface area contributed by atoms with Crippen molar-refractivity contribution in [3.63, 3.8) is 0 Å². The third-order valence-electron chi connectivity index (χ3n) is 1.90. The molecule has 0 radical (unpaired) electrons. The van der Waals surface area contributed by atoms with Crippen LogP contribution >= 0.6 is 0 Å². The Balaban J connectivity index is 3.22. The van der Waals surface area contributed by atoms with E-state index >= 15 is 0 Å². The highest BCUT2D eigenvalue weighted by atomic mass is 28.2. The molecule has 0 fully saturated rings. The molecule has 0 saturated carbocycles. The molecule has 0 aromatic rings. The molecule has 0 bridgehead atoms. The summed E-state index contributed by atoms with van der Waals surface area (Å²) in [7, 11) is -0.439. The van der Waals surface area contributed by atoms with Gasteiger partial charge in [-0.1, -0.05) is 19.4 Å². The van der Waals surface area contributed by atoms with E-state index in [0.717, 1.165) is 19.4 Å². The Morgan fingerprint density at radius 1 is 1.46 bits per heavy atom. The number of ether oxygens (including phenoxy) is 1. The van der Waals surface area contributed by atoms with E-state index in [0.29, 0.717) is 5.92 Å². The van der Waals surface area contributed by atoms with Crippen LogP contribution in [0, 0.1) is 5.92 Å². The van der Waals surface area contributed by atoms with Gasteiger partial charge in [-0.25, -0.2) is 0 Å². The zero-order chi connectivity index (χ0) is 9.94. The fourth-order valence-electron chi connectivity index (χ4n) is 1.14. The summed E-state index contributed by atoms with van der Waals surface area (Å²) in [6, 6.07) is 0. The summed E-state index contributed by atoms with van der Waals surface area (Å²) in [6.45, 7) is 9.65. The van der Waals surface area contributed by atoms with Gasteiger partial charge in [-0.2, -0.15) is 0 Å². The second-order valence-corrected chi connectivity index (χ2v) is 4.28. The van der Waals surface area contributed by atoms with E-state index < -0.39 is 9.76 Å². The molecule has 1 unspecified atom stereocenters. The lowest BCUT2D eigenvalue weighted by Crippen LogP contribution is -2.13. The highest BCUT2D eigenvalue weighted by molar-refractivity contribution is 6.26. The van der Waals surface area contributed by atoms with Crippen LogP contribution in [0.1, 0.15) is 26.7 Å². The second-order valence-electron chi connectivity index (χ2n) is 3.06. The van der Waals surface area contributed by atoms with Crippen molar-refractivity contribution in [3.05, 3.63) is 12.7 Å². The van der Waals surface area contributed by atoms with Gasteiger partial charge in [0.1, 0.15) is 0 Å². The molecule has 0 heterocycles. The van der Waals surface area contributed by atoms with Gasteiger partial charge >= 0.3 is 0 Å². The van der Waals surface area contributed by atoms with Crippen molar-refractivity contribution in [2.75, 3.05) is 19.4 Å². The van der Waals surface area contributed by atoms with Crippen molar-refractivity contribution in [1.29, 1.82) is 0 Å². The lowest BCUT2D eigenvalue weighted by Gasteiger charge is -2.11. The van der Waals surface area contributed by atoms with Gasteiger partial charge in [0.15, 0.2) is 9.76 Å². The predicted octanol–water partition coefficient (Wildman–Crippen LogP) is 1.68. The molecule has 0 aliphatic carbocycles. The lowest BCUT2D eigenvalue weighted by atomic mass is 10.1. The van der Waals surface area contributed by atoms with E-state index in [1.807, 2.05) is 13.0 Å². The molecule has 0 saturated heterocycles. The highest BCUT2D eigenvalue weighted by Gasteiger charge is 2.01. The maximum absolute atomic E-state index is 5.58. The molecular weight excluding hydrogens is 180 g/mol. The fourth-order valence-corrected chi connectivity index (χ4v) is 2.13. The maximum atomic E-state index is 5.58. The Kier molecular flexibility index (Phi) is 9.87. The van der Waals surface area contributed by atoms with Crippen LogP contribution in [0.3, 0.4) is 0 Å². The molecule has 3 heteroatoms. The summed E-state index contributed by atoms with van der Waals surface area (Å²) < 4.78 is 10.8. The van der Waals surface area contributed by atoms with Crippen LogP contribution < -0.4 is 0 Å². The minimum absolute atomic E-state index is 0.439. The summed E-state index contributed by atoms with van der Waals surface area (Å²) in [5, 5.41) is 0. The normalized spacial score (nSPS) is 13.7. The third-order valence-corrected chi connectivity index (χ3v) is 2.88. The van der Waals surface area contributed by atoms with Crippen molar-refractivity contribution in [2.45, 2.75) is 26.7 Å². The monoisotopic (exact) mass is 202 g/mol. The van der Waals surface area contributed by atoms with E-state index in [1.54, 1.807) is 0 Å². The average Bonchev–Trinajstić information content (AvgIpc) is 2.16. The van der Waals surface area contributed by atoms with Gasteiger partial charge in [0.2, 0.25) is 0 Å². The van der Waals surface area contributed by atoms with E-state index in [1.165, 1.54) is 12.8 Å². The van der Waals surface area contributed by atoms with Crippen LogP contribution in [0.5, 0.6) is 0 Å². The average molecular weight is 202 g/mol. The molecular formula is C10H22O2Si. The van der Waals surface area contributed by atoms with Gasteiger partial charge in [-0.3, -0.25) is 0 Å². The third kappa shape index (κ3) is 8.21. The second kappa shape index (κ2) is 9.96. The Morgan fingerprint density at radius 2 is 2.23 bits per heavy atom. The minimum Gasteiger partial charge on any atom is -0.421 e. The Hall–Kier alpha value is -0.123. The molecule has 0 aliphatic heterocycles. The smallest absolute Gasteiger partial charge is 0.186 e. The SMILES string of the molecule is C=CC(CCC)CO[SiH2]COCC. The Morgan fingerprint density at radius 3 is 2.77 bits per heavy atom. The highest BCUT2D eigenvalue weighted by Crippen LogP contribution is 2.06. The first kappa shape index (κ1) is 12.9. The van der Waals surface area contributed by atoms with Crippen LogP contribution in [0.15, 0.2) is 12.7 Å².